The van der Waals surface area contributed by atoms with Gasteiger partial charge in [0.25, 0.3) is 5.91 Å². The first kappa shape index (κ1) is 29.7. The van der Waals surface area contributed by atoms with Crippen molar-refractivity contribution in [2.45, 2.75) is 32.4 Å². The Labute approximate surface area is 249 Å². The van der Waals surface area contributed by atoms with Crippen molar-refractivity contribution < 1.29 is 47.3 Å². The largest absolute Gasteiger partial charge is 1.00 e. The topological polar surface area (TPSA) is 96.4 Å². The van der Waals surface area contributed by atoms with Gasteiger partial charge in [-0.1, -0.05) is 41.4 Å². The summed E-state index contributed by atoms with van der Waals surface area (Å²) >= 11 is 12.6. The van der Waals surface area contributed by atoms with E-state index in [-0.39, 0.29) is 48.4 Å². The van der Waals surface area contributed by atoms with E-state index in [1.807, 2.05) is 47.1 Å². The molecule has 190 valence electrons. The standard InChI is InChI=1S/C25H26Cl2N4O4S.Na/c1-4-29-22-14-20(26)21(27)15-23(22)30(13-12-16(2)36(33,34)35)24(29)11-10-19-17(3)28-31(25(19)32)18-8-6-5-7-9-18;/h5-11,14-16H,4,12-13H2,1-3H3,(H,33,34,35);/q;+1/p-1/b19-10+,24-11+;. The molecule has 2 aromatic carbocycles. The predicted octanol–water partition coefficient (Wildman–Crippen LogP) is 2.16. The van der Waals surface area contributed by atoms with Gasteiger partial charge in [0, 0.05) is 18.3 Å². The molecule has 0 aliphatic carbocycles. The number of hydrogen-bond acceptors (Lipinski definition) is 7. The van der Waals surface area contributed by atoms with E-state index >= 15 is 0 Å². The summed E-state index contributed by atoms with van der Waals surface area (Å²) in [6.45, 7) is 5.95. The van der Waals surface area contributed by atoms with Crippen LogP contribution in [0.15, 0.2) is 71.1 Å². The number of halogens is 2. The number of rotatable bonds is 7. The van der Waals surface area contributed by atoms with E-state index in [4.69, 9.17) is 23.2 Å². The maximum Gasteiger partial charge on any atom is 1.00 e. The van der Waals surface area contributed by atoms with Crippen LogP contribution >= 0.6 is 23.2 Å². The first-order valence-corrected chi connectivity index (χ1v) is 13.6. The van der Waals surface area contributed by atoms with Crippen LogP contribution in [-0.2, 0) is 14.9 Å². The van der Waals surface area contributed by atoms with Crippen molar-refractivity contribution in [1.29, 1.82) is 0 Å². The Balaban J connectivity index is 0.00000380. The van der Waals surface area contributed by atoms with Crippen LogP contribution in [0.5, 0.6) is 0 Å². The molecule has 2 aliphatic rings. The number of fused-ring (bicyclic) bond motifs is 1. The molecule has 2 heterocycles. The van der Waals surface area contributed by atoms with E-state index in [0.717, 1.165) is 11.4 Å². The quantitative estimate of drug-likeness (QED) is 0.287. The molecule has 1 unspecified atom stereocenters. The number of nitrogens with zero attached hydrogens (tertiary/aromatic N) is 4. The van der Waals surface area contributed by atoms with Crippen molar-refractivity contribution in [3.8, 4) is 0 Å². The van der Waals surface area contributed by atoms with E-state index in [1.165, 1.54) is 11.9 Å². The van der Waals surface area contributed by atoms with Crippen LogP contribution in [0, 0.1) is 0 Å². The van der Waals surface area contributed by atoms with Crippen LogP contribution in [0.25, 0.3) is 0 Å². The van der Waals surface area contributed by atoms with Gasteiger partial charge in [0.2, 0.25) is 0 Å². The summed E-state index contributed by atoms with van der Waals surface area (Å²) in [4.78, 5) is 17.0. The van der Waals surface area contributed by atoms with E-state index in [2.05, 4.69) is 5.10 Å². The number of carbonyl (C=O) groups is 1. The molecule has 0 fully saturated rings. The van der Waals surface area contributed by atoms with Gasteiger partial charge in [0.15, 0.2) is 0 Å². The van der Waals surface area contributed by atoms with Crippen LogP contribution in [-0.4, -0.2) is 42.9 Å². The number of anilines is 3. The third-order valence-electron chi connectivity index (χ3n) is 6.18. The second-order valence-electron chi connectivity index (χ2n) is 8.49. The molecule has 0 bridgehead atoms. The molecule has 8 nitrogen and oxygen atoms in total. The third kappa shape index (κ3) is 6.09. The second-order valence-corrected chi connectivity index (χ2v) is 11.1. The number of hydrazone groups is 1. The number of hydrogen-bond donors (Lipinski definition) is 0. The zero-order chi connectivity index (χ0) is 26.2. The molecule has 2 aromatic rings. The first-order valence-electron chi connectivity index (χ1n) is 11.4. The van der Waals surface area contributed by atoms with Crippen molar-refractivity contribution in [3.63, 3.8) is 0 Å². The van der Waals surface area contributed by atoms with Gasteiger partial charge >= 0.3 is 29.6 Å². The molecule has 4 rings (SSSR count). The number of carbonyl (C=O) groups excluding carboxylic acids is 1. The molecule has 0 aromatic heterocycles. The van der Waals surface area contributed by atoms with Crippen LogP contribution in [0.4, 0.5) is 17.1 Å². The number of benzene rings is 2. The molecular weight excluding hydrogens is 546 g/mol. The van der Waals surface area contributed by atoms with E-state index in [1.54, 1.807) is 31.2 Å². The van der Waals surface area contributed by atoms with Crippen molar-refractivity contribution in [2.75, 3.05) is 27.9 Å². The Bertz CT molecular complexity index is 1400. The van der Waals surface area contributed by atoms with Gasteiger partial charge in [-0.2, -0.15) is 10.1 Å². The summed E-state index contributed by atoms with van der Waals surface area (Å²) < 4.78 is 34.5. The number of allylic oxidation sites excluding steroid dienone is 2. The smallest absolute Gasteiger partial charge is 0.748 e. The molecule has 0 radical (unpaired) electrons. The van der Waals surface area contributed by atoms with E-state index < -0.39 is 15.4 Å². The van der Waals surface area contributed by atoms with Crippen molar-refractivity contribution >= 4 is 62.0 Å². The maximum atomic E-state index is 13.1. The minimum atomic E-state index is -4.43. The fourth-order valence-electron chi connectivity index (χ4n) is 4.17. The summed E-state index contributed by atoms with van der Waals surface area (Å²) in [6, 6.07) is 12.6. The Morgan fingerprint density at radius 2 is 1.65 bits per heavy atom. The second kappa shape index (κ2) is 11.9. The summed E-state index contributed by atoms with van der Waals surface area (Å²) in [5, 5.41) is 5.45. The molecule has 0 saturated carbocycles. The normalized spacial score (nSPS) is 18.4. The van der Waals surface area contributed by atoms with Gasteiger partial charge in [-0.3, -0.25) is 4.79 Å². The van der Waals surface area contributed by atoms with Crippen LogP contribution in [0.1, 0.15) is 27.2 Å². The minimum Gasteiger partial charge on any atom is -0.748 e. The van der Waals surface area contributed by atoms with Crippen molar-refractivity contribution in [3.05, 3.63) is 76.1 Å². The Morgan fingerprint density at radius 1 is 1.05 bits per heavy atom. The summed E-state index contributed by atoms with van der Waals surface area (Å²) in [5.41, 5.74) is 3.21. The Morgan fingerprint density at radius 3 is 2.22 bits per heavy atom. The fourth-order valence-corrected chi connectivity index (χ4v) is 4.88. The van der Waals surface area contributed by atoms with Gasteiger partial charge in [-0.25, -0.2) is 8.42 Å². The van der Waals surface area contributed by atoms with Crippen LogP contribution < -0.4 is 44.4 Å². The average Bonchev–Trinajstić information content (AvgIpc) is 3.28. The SMILES string of the molecule is CCN1/C(=C\C=C2\C(=O)N(c3ccccc3)N=C2C)N(CCC(C)S(=O)(=O)[O-])c2cc(Cl)c(Cl)cc21.[Na+]. The molecule has 12 heteroatoms. The molecule has 1 amide bonds. The maximum absolute atomic E-state index is 13.1. The summed E-state index contributed by atoms with van der Waals surface area (Å²) in [5.74, 6) is 0.449. The predicted molar refractivity (Wildman–Crippen MR) is 144 cm³/mol. The molecule has 0 N–H and O–H groups in total. The first-order chi connectivity index (χ1) is 17.0. The van der Waals surface area contributed by atoms with Gasteiger partial charge in [-0.15, -0.1) is 0 Å². The molecule has 0 spiro atoms. The summed E-state index contributed by atoms with van der Waals surface area (Å²) in [7, 11) is -4.43. The van der Waals surface area contributed by atoms with Crippen LogP contribution in [0.3, 0.4) is 0 Å². The zero-order valence-corrected chi connectivity index (χ0v) is 25.3. The molecule has 1 atom stereocenters. The minimum absolute atomic E-state index is 0. The summed E-state index contributed by atoms with van der Waals surface area (Å²) in [6.07, 6.45) is 3.61. The Hall–Kier alpha value is -1.85. The van der Waals surface area contributed by atoms with Crippen LogP contribution in [0.2, 0.25) is 10.0 Å². The molecule has 2 aliphatic heterocycles. The van der Waals surface area contributed by atoms with Crippen molar-refractivity contribution in [2.24, 2.45) is 5.10 Å². The van der Waals surface area contributed by atoms with Gasteiger partial charge in [0.05, 0.1) is 48.5 Å². The monoisotopic (exact) mass is 570 g/mol. The van der Waals surface area contributed by atoms with E-state index in [0.29, 0.717) is 39.4 Å². The third-order valence-corrected chi connectivity index (χ3v) is 8.13. The fraction of sp³-hybridized carbons (Fsp3) is 0.280. The Kier molecular flexibility index (Phi) is 9.56. The molecular formula is C25H25Cl2N4NaO4S. The van der Waals surface area contributed by atoms with Gasteiger partial charge in [0.1, 0.15) is 5.82 Å². The zero-order valence-electron chi connectivity index (χ0n) is 21.0. The number of amides is 1. The average molecular weight is 571 g/mol. The van der Waals surface area contributed by atoms with Crippen molar-refractivity contribution in [1.82, 2.24) is 0 Å². The number of para-hydroxylation sites is 1. The van der Waals surface area contributed by atoms with Gasteiger partial charge < -0.3 is 14.4 Å². The molecule has 0 saturated heterocycles. The van der Waals surface area contributed by atoms with Gasteiger partial charge in [-0.05, 0) is 63.6 Å². The van der Waals surface area contributed by atoms with E-state index in [9.17, 15) is 17.8 Å². The molecule has 37 heavy (non-hydrogen) atoms.